The number of carbonyl (C=O) groups excluding carboxylic acids is 2. The van der Waals surface area contributed by atoms with Crippen LogP contribution in [0.4, 0.5) is 10.5 Å². The van der Waals surface area contributed by atoms with Crippen LogP contribution in [0.2, 0.25) is 0 Å². The molecule has 2 heterocycles. The van der Waals surface area contributed by atoms with Gasteiger partial charge in [-0.2, -0.15) is 0 Å². The van der Waals surface area contributed by atoms with Crippen molar-refractivity contribution in [1.29, 1.82) is 0 Å². The largest absolute Gasteiger partial charge is 0.352 e. The summed E-state index contributed by atoms with van der Waals surface area (Å²) in [5.74, 6) is -0.391. The zero-order valence-electron chi connectivity index (χ0n) is 15.5. The van der Waals surface area contributed by atoms with Gasteiger partial charge in [-0.25, -0.2) is 9.48 Å². The van der Waals surface area contributed by atoms with Crippen molar-refractivity contribution < 1.29 is 9.59 Å². The standard InChI is InChI=1S/C19H21N5O3S/c1-12-17(18(26)24(23(12)2)13-7-4-3-5-8-13)22-16(25)11-14(21-19(20)27)15-9-6-10-28-15/h3-10,14H,11H2,1-2H3,(H,22,25)(H3,20,21,27)/t14-/m0/s1. The maximum absolute atomic E-state index is 12.9. The number of amides is 3. The third-order valence-corrected chi connectivity index (χ3v) is 5.40. The summed E-state index contributed by atoms with van der Waals surface area (Å²) in [6.45, 7) is 1.76. The molecule has 0 bridgehead atoms. The SMILES string of the molecule is Cc1c(NC(=O)C[C@H](NC(N)=O)c2cccs2)c(=O)n(-c2ccccc2)n1C. The van der Waals surface area contributed by atoms with Crippen molar-refractivity contribution in [2.75, 3.05) is 5.32 Å². The maximum atomic E-state index is 12.9. The molecule has 0 aliphatic carbocycles. The highest BCUT2D eigenvalue weighted by Gasteiger charge is 2.22. The average molecular weight is 399 g/mol. The number of aromatic nitrogens is 2. The van der Waals surface area contributed by atoms with Crippen molar-refractivity contribution in [3.05, 3.63) is 68.8 Å². The Hall–Kier alpha value is -3.33. The fraction of sp³-hybridized carbons (Fsp3) is 0.211. The molecule has 9 heteroatoms. The molecule has 0 aliphatic rings. The number of nitrogens with one attached hydrogen (secondary N) is 2. The Morgan fingerprint density at radius 3 is 2.50 bits per heavy atom. The summed E-state index contributed by atoms with van der Waals surface area (Å²) in [5.41, 5.74) is 6.44. The van der Waals surface area contributed by atoms with E-state index in [1.807, 2.05) is 47.8 Å². The first-order valence-electron chi connectivity index (χ1n) is 8.61. The summed E-state index contributed by atoms with van der Waals surface area (Å²) in [7, 11) is 1.75. The van der Waals surface area contributed by atoms with Crippen LogP contribution in [-0.2, 0) is 11.8 Å². The molecule has 1 atom stereocenters. The van der Waals surface area contributed by atoms with Gasteiger partial charge in [0.05, 0.1) is 23.8 Å². The lowest BCUT2D eigenvalue weighted by molar-refractivity contribution is -0.116. The van der Waals surface area contributed by atoms with E-state index in [9.17, 15) is 14.4 Å². The molecule has 3 aromatic rings. The van der Waals surface area contributed by atoms with Crippen LogP contribution in [0.25, 0.3) is 5.69 Å². The first kappa shape index (κ1) is 19.4. The van der Waals surface area contributed by atoms with Crippen molar-refractivity contribution in [2.45, 2.75) is 19.4 Å². The Balaban J connectivity index is 1.84. The maximum Gasteiger partial charge on any atom is 0.312 e. The lowest BCUT2D eigenvalue weighted by Crippen LogP contribution is -2.35. The normalized spacial score (nSPS) is 11.8. The van der Waals surface area contributed by atoms with E-state index in [0.29, 0.717) is 11.4 Å². The van der Waals surface area contributed by atoms with Gasteiger partial charge in [0.2, 0.25) is 5.91 Å². The molecule has 0 fully saturated rings. The second-order valence-corrected chi connectivity index (χ2v) is 7.24. The molecule has 0 aliphatic heterocycles. The number of hydrogen-bond donors (Lipinski definition) is 3. The number of thiophene rings is 1. The van der Waals surface area contributed by atoms with Gasteiger partial charge in [-0.15, -0.1) is 11.3 Å². The van der Waals surface area contributed by atoms with Crippen LogP contribution < -0.4 is 21.9 Å². The molecule has 0 saturated heterocycles. The van der Waals surface area contributed by atoms with Crippen LogP contribution in [-0.4, -0.2) is 21.3 Å². The van der Waals surface area contributed by atoms with Crippen molar-refractivity contribution in [3.63, 3.8) is 0 Å². The van der Waals surface area contributed by atoms with Gasteiger partial charge in [0.15, 0.2) is 0 Å². The number of rotatable bonds is 6. The fourth-order valence-corrected chi connectivity index (χ4v) is 3.75. The lowest BCUT2D eigenvalue weighted by atomic mass is 10.1. The molecule has 3 rings (SSSR count). The van der Waals surface area contributed by atoms with E-state index in [-0.39, 0.29) is 17.7 Å². The second kappa shape index (κ2) is 8.13. The van der Waals surface area contributed by atoms with Crippen LogP contribution in [0.3, 0.4) is 0 Å². The van der Waals surface area contributed by atoms with Gasteiger partial charge in [0, 0.05) is 11.9 Å². The molecule has 0 radical (unpaired) electrons. The molecule has 0 unspecified atom stereocenters. The van der Waals surface area contributed by atoms with E-state index >= 15 is 0 Å². The second-order valence-electron chi connectivity index (χ2n) is 6.27. The van der Waals surface area contributed by atoms with E-state index in [1.54, 1.807) is 18.7 Å². The van der Waals surface area contributed by atoms with Gasteiger partial charge < -0.3 is 16.4 Å². The predicted octanol–water partition coefficient (Wildman–Crippen LogP) is 2.28. The summed E-state index contributed by atoms with van der Waals surface area (Å²) in [6.07, 6.45) is -0.0391. The minimum atomic E-state index is -0.714. The van der Waals surface area contributed by atoms with E-state index in [0.717, 1.165) is 4.88 Å². The molecular weight excluding hydrogens is 378 g/mol. The van der Waals surface area contributed by atoms with E-state index in [4.69, 9.17) is 5.73 Å². The minimum Gasteiger partial charge on any atom is -0.352 e. The minimum absolute atomic E-state index is 0.0391. The quantitative estimate of drug-likeness (QED) is 0.591. The summed E-state index contributed by atoms with van der Waals surface area (Å²) in [6, 6.07) is 11.5. The van der Waals surface area contributed by atoms with Crippen LogP contribution >= 0.6 is 11.3 Å². The molecule has 28 heavy (non-hydrogen) atoms. The van der Waals surface area contributed by atoms with Crippen molar-refractivity contribution in [3.8, 4) is 5.69 Å². The number of carbonyl (C=O) groups is 2. The third-order valence-electron chi connectivity index (χ3n) is 4.41. The number of nitrogens with zero attached hydrogens (tertiary/aromatic N) is 2. The molecular formula is C19H21N5O3S. The van der Waals surface area contributed by atoms with Gasteiger partial charge in [-0.1, -0.05) is 24.3 Å². The monoisotopic (exact) mass is 399 g/mol. The highest BCUT2D eigenvalue weighted by Crippen LogP contribution is 2.23. The number of hydrogen-bond acceptors (Lipinski definition) is 4. The summed E-state index contributed by atoms with van der Waals surface area (Å²) >= 11 is 1.41. The van der Waals surface area contributed by atoms with Crippen molar-refractivity contribution >= 4 is 29.0 Å². The topological polar surface area (TPSA) is 111 Å². The van der Waals surface area contributed by atoms with E-state index < -0.39 is 18.0 Å². The third kappa shape index (κ3) is 3.99. The fourth-order valence-electron chi connectivity index (χ4n) is 2.97. The van der Waals surface area contributed by atoms with Gasteiger partial charge in [-0.05, 0) is 30.5 Å². The molecule has 0 spiro atoms. The zero-order valence-corrected chi connectivity index (χ0v) is 16.3. The number of primary amides is 1. The lowest BCUT2D eigenvalue weighted by Gasteiger charge is -2.15. The van der Waals surface area contributed by atoms with Gasteiger partial charge >= 0.3 is 6.03 Å². The zero-order chi connectivity index (χ0) is 20.3. The summed E-state index contributed by atoms with van der Waals surface area (Å²) in [5, 5.41) is 7.12. The Kier molecular flexibility index (Phi) is 5.65. The van der Waals surface area contributed by atoms with Crippen LogP contribution in [0.1, 0.15) is 23.0 Å². The molecule has 1 aromatic carbocycles. The highest BCUT2D eigenvalue weighted by molar-refractivity contribution is 7.10. The first-order valence-corrected chi connectivity index (χ1v) is 9.49. The number of urea groups is 1. The summed E-state index contributed by atoms with van der Waals surface area (Å²) < 4.78 is 3.18. The number of benzene rings is 1. The van der Waals surface area contributed by atoms with Crippen LogP contribution in [0.5, 0.6) is 0 Å². The molecule has 3 amide bonds. The Morgan fingerprint density at radius 2 is 1.89 bits per heavy atom. The van der Waals surface area contributed by atoms with Crippen molar-refractivity contribution in [2.24, 2.45) is 12.8 Å². The van der Waals surface area contributed by atoms with Crippen LogP contribution in [0, 0.1) is 6.92 Å². The number of nitrogens with two attached hydrogens (primary N) is 1. The molecule has 146 valence electrons. The first-order chi connectivity index (χ1) is 13.4. The van der Waals surface area contributed by atoms with E-state index in [1.165, 1.54) is 16.0 Å². The van der Waals surface area contributed by atoms with Gasteiger partial charge in [0.25, 0.3) is 5.56 Å². The van der Waals surface area contributed by atoms with Gasteiger partial charge in [-0.3, -0.25) is 14.3 Å². The summed E-state index contributed by atoms with van der Waals surface area (Å²) in [4.78, 5) is 37.6. The highest BCUT2D eigenvalue weighted by atomic mass is 32.1. The average Bonchev–Trinajstić information content (AvgIpc) is 3.26. The predicted molar refractivity (Wildman–Crippen MR) is 109 cm³/mol. The Morgan fingerprint density at radius 1 is 1.18 bits per heavy atom. The number of anilines is 1. The molecule has 0 saturated carbocycles. The molecule has 2 aromatic heterocycles. The molecule has 4 N–H and O–H groups in total. The van der Waals surface area contributed by atoms with E-state index in [2.05, 4.69) is 10.6 Å². The molecule has 8 nitrogen and oxygen atoms in total. The Labute approximate surface area is 165 Å². The Bertz CT molecular complexity index is 1040. The van der Waals surface area contributed by atoms with Gasteiger partial charge in [0.1, 0.15) is 5.69 Å². The van der Waals surface area contributed by atoms with Crippen LogP contribution in [0.15, 0.2) is 52.6 Å². The smallest absolute Gasteiger partial charge is 0.312 e. The van der Waals surface area contributed by atoms with Crippen molar-refractivity contribution in [1.82, 2.24) is 14.7 Å². The number of para-hydroxylation sites is 1.